The maximum atomic E-state index is 12.0. The van der Waals surface area contributed by atoms with Crippen molar-refractivity contribution >= 4 is 73.7 Å². The molecule has 2 rings (SSSR count). The zero-order chi connectivity index (χ0) is 17.0. The topological polar surface area (TPSA) is 68.0 Å². The lowest BCUT2D eigenvalue weighted by atomic mass is 10.1. The predicted molar refractivity (Wildman–Crippen MR) is 99.7 cm³/mol. The first-order chi connectivity index (χ1) is 10.8. The van der Waals surface area contributed by atoms with Crippen molar-refractivity contribution in [3.63, 3.8) is 0 Å². The third-order valence-corrected chi connectivity index (χ3v) is 3.91. The van der Waals surface area contributed by atoms with Gasteiger partial charge in [0, 0.05) is 22.4 Å². The van der Waals surface area contributed by atoms with Gasteiger partial charge in [-0.3, -0.25) is 4.79 Å². The van der Waals surface area contributed by atoms with Crippen molar-refractivity contribution in [2.24, 2.45) is 0 Å². The standard InChI is InChI=1S/C15H11BrCl3N3O/c16-10-5-3-9(4-6-10)12(8-13(23)15(17,18)19)22-11-2-1-7-21-14(11)20/h1-8,22H,(H2,20,21)/b12-8+. The van der Waals surface area contributed by atoms with Crippen LogP contribution in [-0.4, -0.2) is 14.6 Å². The van der Waals surface area contributed by atoms with Crippen LogP contribution in [0.2, 0.25) is 0 Å². The maximum Gasteiger partial charge on any atom is 0.252 e. The summed E-state index contributed by atoms with van der Waals surface area (Å²) in [6.07, 6.45) is 2.79. The van der Waals surface area contributed by atoms with Crippen LogP contribution in [0.4, 0.5) is 11.5 Å². The second kappa shape index (κ2) is 7.53. The Labute approximate surface area is 156 Å². The number of ketones is 1. The van der Waals surface area contributed by atoms with E-state index in [1.807, 2.05) is 12.1 Å². The summed E-state index contributed by atoms with van der Waals surface area (Å²) in [4.78, 5) is 16.0. The van der Waals surface area contributed by atoms with Crippen LogP contribution in [0.5, 0.6) is 0 Å². The van der Waals surface area contributed by atoms with Gasteiger partial charge in [-0.2, -0.15) is 0 Å². The number of allylic oxidation sites excluding steroid dienone is 1. The van der Waals surface area contributed by atoms with E-state index in [9.17, 15) is 4.79 Å². The van der Waals surface area contributed by atoms with Gasteiger partial charge < -0.3 is 11.1 Å². The van der Waals surface area contributed by atoms with Gasteiger partial charge in [-0.05, 0) is 29.8 Å². The molecule has 0 spiro atoms. The summed E-state index contributed by atoms with van der Waals surface area (Å²) in [7, 11) is 0. The fourth-order valence-electron chi connectivity index (χ4n) is 1.70. The Kier molecular flexibility index (Phi) is 5.92. The van der Waals surface area contributed by atoms with Gasteiger partial charge in [0.05, 0.1) is 5.69 Å². The molecule has 0 amide bonds. The summed E-state index contributed by atoms with van der Waals surface area (Å²) in [5.41, 5.74) is 7.52. The van der Waals surface area contributed by atoms with Crippen LogP contribution in [0.15, 0.2) is 53.1 Å². The summed E-state index contributed by atoms with van der Waals surface area (Å²) < 4.78 is -1.14. The molecule has 120 valence electrons. The second-order valence-corrected chi connectivity index (χ2v) is 7.69. The third kappa shape index (κ3) is 5.11. The summed E-state index contributed by atoms with van der Waals surface area (Å²) in [5, 5.41) is 3.05. The highest BCUT2D eigenvalue weighted by Crippen LogP contribution is 2.30. The highest BCUT2D eigenvalue weighted by molar-refractivity contribution is 9.10. The summed E-state index contributed by atoms with van der Waals surface area (Å²) in [6.45, 7) is 0. The smallest absolute Gasteiger partial charge is 0.252 e. The Morgan fingerprint density at radius 2 is 1.87 bits per heavy atom. The molecule has 0 radical (unpaired) electrons. The minimum atomic E-state index is -2.04. The van der Waals surface area contributed by atoms with Crippen LogP contribution in [-0.2, 0) is 4.79 Å². The Morgan fingerprint density at radius 1 is 1.22 bits per heavy atom. The molecule has 23 heavy (non-hydrogen) atoms. The average Bonchev–Trinajstić information content (AvgIpc) is 2.48. The molecule has 8 heteroatoms. The number of hydrogen-bond donors (Lipinski definition) is 2. The molecular weight excluding hydrogens is 424 g/mol. The normalized spacial score (nSPS) is 12.1. The predicted octanol–water partition coefficient (Wildman–Crippen LogP) is 4.82. The number of anilines is 2. The molecule has 0 saturated carbocycles. The molecule has 0 fully saturated rings. The van der Waals surface area contributed by atoms with Crippen LogP contribution in [0, 0.1) is 0 Å². The lowest BCUT2D eigenvalue weighted by Crippen LogP contribution is -2.17. The number of nitrogen functional groups attached to an aromatic ring is 1. The van der Waals surface area contributed by atoms with Crippen LogP contribution in [0.3, 0.4) is 0 Å². The van der Waals surface area contributed by atoms with Crippen molar-refractivity contribution in [2.75, 3.05) is 11.1 Å². The van der Waals surface area contributed by atoms with E-state index in [4.69, 9.17) is 40.5 Å². The molecule has 0 bridgehead atoms. The van der Waals surface area contributed by atoms with Crippen LogP contribution < -0.4 is 11.1 Å². The third-order valence-electron chi connectivity index (χ3n) is 2.82. The first kappa shape index (κ1) is 18.1. The highest BCUT2D eigenvalue weighted by Gasteiger charge is 2.29. The Balaban J connectivity index is 2.43. The molecule has 1 aromatic carbocycles. The molecule has 1 aromatic heterocycles. The van der Waals surface area contributed by atoms with Gasteiger partial charge in [0.15, 0.2) is 0 Å². The Bertz CT molecular complexity index is 742. The Morgan fingerprint density at radius 3 is 2.43 bits per heavy atom. The van der Waals surface area contributed by atoms with Crippen molar-refractivity contribution in [1.82, 2.24) is 4.98 Å². The lowest BCUT2D eigenvalue weighted by molar-refractivity contribution is -0.113. The number of alkyl halides is 3. The van der Waals surface area contributed by atoms with E-state index in [0.717, 1.165) is 10.0 Å². The van der Waals surface area contributed by atoms with Crippen LogP contribution in [0.1, 0.15) is 5.56 Å². The molecule has 0 aliphatic heterocycles. The molecule has 0 unspecified atom stereocenters. The second-order valence-electron chi connectivity index (χ2n) is 4.49. The van der Waals surface area contributed by atoms with E-state index in [1.54, 1.807) is 30.5 Å². The molecular formula is C15H11BrCl3N3O. The molecule has 3 N–H and O–H groups in total. The van der Waals surface area contributed by atoms with Crippen LogP contribution >= 0.6 is 50.7 Å². The average molecular weight is 436 g/mol. The number of carbonyl (C=O) groups is 1. The summed E-state index contributed by atoms with van der Waals surface area (Å²) >= 11 is 20.3. The van der Waals surface area contributed by atoms with E-state index in [-0.39, 0.29) is 5.82 Å². The van der Waals surface area contributed by atoms with E-state index >= 15 is 0 Å². The quantitative estimate of drug-likeness (QED) is 0.534. The number of carbonyl (C=O) groups excluding carboxylic acids is 1. The van der Waals surface area contributed by atoms with Gasteiger partial charge in [-0.25, -0.2) is 4.98 Å². The fraction of sp³-hybridized carbons (Fsp3) is 0.0667. The van der Waals surface area contributed by atoms with Gasteiger partial charge in [-0.15, -0.1) is 0 Å². The SMILES string of the molecule is Nc1ncccc1N/C(=C/C(=O)C(Cl)(Cl)Cl)c1ccc(Br)cc1. The molecule has 0 atom stereocenters. The lowest BCUT2D eigenvalue weighted by Gasteiger charge is -2.14. The zero-order valence-electron chi connectivity index (χ0n) is 11.6. The molecule has 0 saturated heterocycles. The van der Waals surface area contributed by atoms with Crippen molar-refractivity contribution in [3.05, 3.63) is 58.7 Å². The van der Waals surface area contributed by atoms with Crippen molar-refractivity contribution in [2.45, 2.75) is 3.79 Å². The number of benzene rings is 1. The number of rotatable bonds is 4. The van der Waals surface area contributed by atoms with Crippen LogP contribution in [0.25, 0.3) is 5.70 Å². The van der Waals surface area contributed by atoms with Gasteiger partial charge >= 0.3 is 0 Å². The summed E-state index contributed by atoms with van der Waals surface area (Å²) in [5.74, 6) is -0.382. The van der Waals surface area contributed by atoms with Crippen molar-refractivity contribution in [1.29, 1.82) is 0 Å². The molecule has 2 aromatic rings. The number of nitrogens with two attached hydrogens (primary N) is 1. The van der Waals surface area contributed by atoms with Crippen molar-refractivity contribution < 1.29 is 4.79 Å². The van der Waals surface area contributed by atoms with Gasteiger partial charge in [0.2, 0.25) is 5.78 Å². The number of aromatic nitrogens is 1. The van der Waals surface area contributed by atoms with Gasteiger partial charge in [-0.1, -0.05) is 62.9 Å². The number of pyridine rings is 1. The van der Waals surface area contributed by atoms with Crippen molar-refractivity contribution in [3.8, 4) is 0 Å². The van der Waals surface area contributed by atoms with E-state index < -0.39 is 9.58 Å². The number of nitrogens with zero attached hydrogens (tertiary/aromatic N) is 1. The maximum absolute atomic E-state index is 12.0. The van der Waals surface area contributed by atoms with E-state index in [1.165, 1.54) is 6.08 Å². The zero-order valence-corrected chi connectivity index (χ0v) is 15.4. The van der Waals surface area contributed by atoms with E-state index in [0.29, 0.717) is 11.4 Å². The number of halogens is 4. The number of hydrogen-bond acceptors (Lipinski definition) is 4. The van der Waals surface area contributed by atoms with Gasteiger partial charge in [0.25, 0.3) is 3.79 Å². The van der Waals surface area contributed by atoms with E-state index in [2.05, 4.69) is 26.2 Å². The monoisotopic (exact) mass is 433 g/mol. The summed E-state index contributed by atoms with van der Waals surface area (Å²) in [6, 6.07) is 10.7. The first-order valence-electron chi connectivity index (χ1n) is 6.33. The minimum absolute atomic E-state index is 0.289. The first-order valence-corrected chi connectivity index (χ1v) is 8.26. The molecule has 1 heterocycles. The highest BCUT2D eigenvalue weighted by atomic mass is 79.9. The minimum Gasteiger partial charge on any atom is -0.382 e. The van der Waals surface area contributed by atoms with Gasteiger partial charge in [0.1, 0.15) is 5.82 Å². The largest absolute Gasteiger partial charge is 0.382 e. The Hall–Kier alpha value is -1.27. The number of nitrogens with one attached hydrogen (secondary N) is 1. The fourth-order valence-corrected chi connectivity index (χ4v) is 2.13. The molecule has 0 aliphatic rings. The molecule has 0 aliphatic carbocycles. The molecule has 4 nitrogen and oxygen atoms in total.